The van der Waals surface area contributed by atoms with Crippen LogP contribution in [0.5, 0.6) is 0 Å². The molecule has 0 atom stereocenters. The minimum atomic E-state index is 0.471. The Hall–Kier alpha value is -3.86. The number of pyridine rings is 1. The van der Waals surface area contributed by atoms with Crippen LogP contribution in [0.15, 0.2) is 61.1 Å². The van der Waals surface area contributed by atoms with E-state index >= 15 is 0 Å². The smallest absolute Gasteiger partial charge is 0.185 e. The van der Waals surface area contributed by atoms with Gasteiger partial charge in [0.2, 0.25) is 0 Å². The maximum absolute atomic E-state index is 11.5. The number of fused-ring (bicyclic) bond motifs is 1. The molecule has 0 saturated heterocycles. The molecule has 7 nitrogen and oxygen atoms in total. The van der Waals surface area contributed by atoms with Gasteiger partial charge < -0.3 is 10.5 Å². The predicted molar refractivity (Wildman–Crippen MR) is 104 cm³/mol. The minimum Gasteiger partial charge on any atom is -0.619 e. The molecule has 0 radical (unpaired) electrons. The molecule has 0 aliphatic rings. The van der Waals surface area contributed by atoms with Crippen LogP contribution in [0.25, 0.3) is 16.9 Å². The summed E-state index contributed by atoms with van der Waals surface area (Å²) < 4.78 is 2.51. The van der Waals surface area contributed by atoms with E-state index in [0.29, 0.717) is 12.1 Å². The lowest BCUT2D eigenvalue weighted by Crippen LogP contribution is -2.25. The Morgan fingerprint density at radius 1 is 1.26 bits per heavy atom. The number of rotatable bonds is 4. The van der Waals surface area contributed by atoms with Crippen molar-refractivity contribution in [3.8, 4) is 17.3 Å². The maximum Gasteiger partial charge on any atom is 0.185 e. The van der Waals surface area contributed by atoms with E-state index in [1.165, 1.54) is 12.4 Å². The molecular weight excluding hydrogens is 339 g/mol. The third-order valence-electron chi connectivity index (χ3n) is 4.25. The Labute approximate surface area is 156 Å². The molecule has 4 rings (SSSR count). The fourth-order valence-corrected chi connectivity index (χ4v) is 2.89. The fourth-order valence-electron chi connectivity index (χ4n) is 2.89. The lowest BCUT2D eigenvalue weighted by molar-refractivity contribution is -0.605. The van der Waals surface area contributed by atoms with Crippen molar-refractivity contribution in [3.05, 3.63) is 77.4 Å². The standard InChI is InChI=1S/C19H15BN6O/c20-16-11-23-26-18(22-10-14-4-2-6-25(27)12-14)8-17(24-19(16)26)15-5-1-3-13(7-15)9-21/h1-8,11-12,22H,10,20H2. The number of hydrogen-bond donors (Lipinski definition) is 1. The second kappa shape index (κ2) is 6.80. The molecule has 4 aromatic rings. The molecule has 0 saturated carbocycles. The summed E-state index contributed by atoms with van der Waals surface area (Å²) >= 11 is 0. The van der Waals surface area contributed by atoms with Gasteiger partial charge in [-0.05, 0) is 23.7 Å². The van der Waals surface area contributed by atoms with Crippen molar-refractivity contribution in [2.45, 2.75) is 6.54 Å². The highest BCUT2D eigenvalue weighted by molar-refractivity contribution is 6.36. The average molecular weight is 354 g/mol. The molecule has 0 amide bonds. The largest absolute Gasteiger partial charge is 0.619 e. The highest BCUT2D eigenvalue weighted by Crippen LogP contribution is 2.22. The Kier molecular flexibility index (Phi) is 4.18. The molecule has 3 heterocycles. The van der Waals surface area contributed by atoms with E-state index in [-0.39, 0.29) is 0 Å². The van der Waals surface area contributed by atoms with Gasteiger partial charge in [0.05, 0.1) is 17.3 Å². The van der Waals surface area contributed by atoms with Gasteiger partial charge in [0.25, 0.3) is 0 Å². The number of nitrogens with zero attached hydrogens (tertiary/aromatic N) is 5. The number of nitriles is 1. The van der Waals surface area contributed by atoms with E-state index in [9.17, 15) is 5.21 Å². The molecule has 0 aliphatic heterocycles. The number of anilines is 1. The fraction of sp³-hybridized carbons (Fsp3) is 0.0526. The monoisotopic (exact) mass is 354 g/mol. The molecule has 8 heteroatoms. The summed E-state index contributed by atoms with van der Waals surface area (Å²) in [6.07, 6.45) is 4.74. The number of nitrogens with one attached hydrogen (secondary N) is 1. The Balaban J connectivity index is 1.76. The molecule has 0 fully saturated rings. The van der Waals surface area contributed by atoms with E-state index in [2.05, 4.69) is 16.5 Å². The summed E-state index contributed by atoms with van der Waals surface area (Å²) in [6, 6.07) is 15.0. The van der Waals surface area contributed by atoms with Gasteiger partial charge in [-0.3, -0.25) is 0 Å². The zero-order valence-corrected chi connectivity index (χ0v) is 14.6. The molecule has 3 aromatic heterocycles. The molecule has 1 aromatic carbocycles. The topological polar surface area (TPSA) is 93.0 Å². The van der Waals surface area contributed by atoms with Crippen LogP contribution in [0, 0.1) is 16.5 Å². The highest BCUT2D eigenvalue weighted by atomic mass is 16.5. The molecule has 1 N–H and O–H groups in total. The van der Waals surface area contributed by atoms with Gasteiger partial charge >= 0.3 is 0 Å². The molecule has 0 spiro atoms. The van der Waals surface area contributed by atoms with Gasteiger partial charge in [0, 0.05) is 36.0 Å². The SMILES string of the molecule is Bc1cnn2c(NCc3ccc[n+]([O-])c3)cc(-c3cccc(C#N)c3)nc12. The van der Waals surface area contributed by atoms with Crippen LogP contribution >= 0.6 is 0 Å². The number of benzene rings is 1. The predicted octanol–water partition coefficient (Wildman–Crippen LogP) is 0.772. The van der Waals surface area contributed by atoms with E-state index in [1.807, 2.05) is 38.2 Å². The minimum absolute atomic E-state index is 0.471. The zero-order chi connectivity index (χ0) is 18.8. The Bertz CT molecular complexity index is 1180. The lowest BCUT2D eigenvalue weighted by Gasteiger charge is -2.11. The van der Waals surface area contributed by atoms with E-state index in [4.69, 9.17) is 10.2 Å². The lowest BCUT2D eigenvalue weighted by atomic mass is 10.0. The summed E-state index contributed by atoms with van der Waals surface area (Å²) in [6.45, 7) is 0.471. The first-order chi connectivity index (χ1) is 13.1. The first-order valence-electron chi connectivity index (χ1n) is 8.41. The van der Waals surface area contributed by atoms with Gasteiger partial charge in [-0.15, -0.1) is 0 Å². The van der Waals surface area contributed by atoms with Crippen molar-refractivity contribution < 1.29 is 4.73 Å². The third-order valence-corrected chi connectivity index (χ3v) is 4.25. The summed E-state index contributed by atoms with van der Waals surface area (Å²) in [7, 11) is 1.95. The van der Waals surface area contributed by atoms with Crippen molar-refractivity contribution >= 4 is 24.8 Å². The van der Waals surface area contributed by atoms with Crippen LogP contribution in [0.1, 0.15) is 11.1 Å². The van der Waals surface area contributed by atoms with Gasteiger partial charge in [-0.2, -0.15) is 19.6 Å². The number of hydrogen-bond acceptors (Lipinski definition) is 5. The quantitative estimate of drug-likeness (QED) is 0.332. The summed E-state index contributed by atoms with van der Waals surface area (Å²) in [4.78, 5) is 4.71. The van der Waals surface area contributed by atoms with Crippen LogP contribution in [-0.2, 0) is 6.54 Å². The van der Waals surface area contributed by atoms with Gasteiger partial charge in [0.15, 0.2) is 18.0 Å². The van der Waals surface area contributed by atoms with E-state index in [0.717, 1.165) is 38.5 Å². The molecular formula is C19H15BN6O. The maximum atomic E-state index is 11.5. The Morgan fingerprint density at radius 2 is 2.15 bits per heavy atom. The van der Waals surface area contributed by atoms with Crippen LogP contribution < -0.4 is 15.5 Å². The Morgan fingerprint density at radius 3 is 2.96 bits per heavy atom. The van der Waals surface area contributed by atoms with Crippen molar-refractivity contribution in [1.82, 2.24) is 14.6 Å². The van der Waals surface area contributed by atoms with Crippen molar-refractivity contribution in [3.63, 3.8) is 0 Å². The average Bonchev–Trinajstić information content (AvgIpc) is 3.07. The van der Waals surface area contributed by atoms with Crippen molar-refractivity contribution in [2.24, 2.45) is 0 Å². The van der Waals surface area contributed by atoms with E-state index in [1.54, 1.807) is 22.8 Å². The normalized spacial score (nSPS) is 10.6. The molecule has 130 valence electrons. The molecule has 0 aliphatic carbocycles. The zero-order valence-electron chi connectivity index (χ0n) is 14.6. The highest BCUT2D eigenvalue weighted by Gasteiger charge is 2.11. The van der Waals surface area contributed by atoms with Crippen LogP contribution in [0.4, 0.5) is 5.82 Å². The van der Waals surface area contributed by atoms with Crippen molar-refractivity contribution in [1.29, 1.82) is 5.26 Å². The molecule has 27 heavy (non-hydrogen) atoms. The van der Waals surface area contributed by atoms with Crippen LogP contribution in [-0.4, -0.2) is 22.4 Å². The van der Waals surface area contributed by atoms with E-state index < -0.39 is 0 Å². The first-order valence-corrected chi connectivity index (χ1v) is 8.41. The summed E-state index contributed by atoms with van der Waals surface area (Å²) in [5.74, 6) is 0.756. The second-order valence-electron chi connectivity index (χ2n) is 6.21. The second-order valence-corrected chi connectivity index (χ2v) is 6.21. The molecule has 0 unspecified atom stereocenters. The number of aromatic nitrogens is 4. The van der Waals surface area contributed by atoms with Crippen molar-refractivity contribution in [2.75, 3.05) is 5.32 Å². The van der Waals surface area contributed by atoms with Gasteiger partial charge in [-0.25, -0.2) is 4.98 Å². The third kappa shape index (κ3) is 3.31. The van der Waals surface area contributed by atoms with Gasteiger partial charge in [-0.1, -0.05) is 12.1 Å². The summed E-state index contributed by atoms with van der Waals surface area (Å²) in [5, 5.41) is 28.3. The van der Waals surface area contributed by atoms with Crippen LogP contribution in [0.3, 0.4) is 0 Å². The summed E-state index contributed by atoms with van der Waals surface area (Å²) in [5.41, 5.74) is 4.74. The van der Waals surface area contributed by atoms with Gasteiger partial charge in [0.1, 0.15) is 13.7 Å². The molecule has 0 bridgehead atoms. The first kappa shape index (κ1) is 16.6. The van der Waals surface area contributed by atoms with Crippen LogP contribution in [0.2, 0.25) is 0 Å².